The van der Waals surface area contributed by atoms with E-state index < -0.39 is 0 Å². The molecule has 0 aliphatic heterocycles. The van der Waals surface area contributed by atoms with Crippen LogP contribution in [0.25, 0.3) is 11.1 Å². The number of hydrogen-bond donors (Lipinski definition) is 0. The van der Waals surface area contributed by atoms with Crippen molar-refractivity contribution in [2.45, 2.75) is 52.0 Å². The van der Waals surface area contributed by atoms with E-state index in [0.717, 1.165) is 59.7 Å². The summed E-state index contributed by atoms with van der Waals surface area (Å²) in [6, 6.07) is 20.8. The lowest BCUT2D eigenvalue weighted by molar-refractivity contribution is 0.304. The van der Waals surface area contributed by atoms with Gasteiger partial charge in [0.05, 0.1) is 22.4 Å². The van der Waals surface area contributed by atoms with Crippen molar-refractivity contribution in [1.82, 2.24) is 4.57 Å². The summed E-state index contributed by atoms with van der Waals surface area (Å²) in [7, 11) is 0. The highest BCUT2D eigenvalue weighted by Gasteiger charge is 2.03. The number of nitrogens with zero attached hydrogens (tertiary/aromatic N) is 1. The van der Waals surface area contributed by atoms with E-state index in [2.05, 4.69) is 91.9 Å². The van der Waals surface area contributed by atoms with E-state index >= 15 is 0 Å². The second-order valence-electron chi connectivity index (χ2n) is 7.64. The maximum absolute atomic E-state index is 5.92. The fourth-order valence-electron chi connectivity index (χ4n) is 3.37. The minimum atomic E-state index is 0.764. The van der Waals surface area contributed by atoms with Crippen molar-refractivity contribution in [2.24, 2.45) is 0 Å². The Bertz CT molecular complexity index is 885. The zero-order valence-electron chi connectivity index (χ0n) is 18.2. The highest BCUT2D eigenvalue weighted by Crippen LogP contribution is 2.25. The molecule has 0 N–H and O–H groups in total. The summed E-state index contributed by atoms with van der Waals surface area (Å²) < 4.78 is 16.2. The van der Waals surface area contributed by atoms with Crippen LogP contribution < -0.4 is 9.47 Å². The second-order valence-corrected chi connectivity index (χ2v) is 9.27. The third kappa shape index (κ3) is 7.73. The van der Waals surface area contributed by atoms with Crippen molar-refractivity contribution in [3.63, 3.8) is 0 Å². The first-order chi connectivity index (χ1) is 15.2. The molecule has 1 heterocycles. The molecule has 0 bridgehead atoms. The van der Waals surface area contributed by atoms with Gasteiger partial charge in [-0.15, -0.1) is 0 Å². The quantitative estimate of drug-likeness (QED) is 0.200. The van der Waals surface area contributed by atoms with Crippen LogP contribution in [-0.2, 0) is 6.54 Å². The normalized spacial score (nSPS) is 10.9. The molecule has 31 heavy (non-hydrogen) atoms. The van der Waals surface area contributed by atoms with Gasteiger partial charge in [-0.25, -0.2) is 0 Å². The highest BCUT2D eigenvalue weighted by atomic mass is 79.9. The Morgan fingerprint density at radius 3 is 1.61 bits per heavy atom. The monoisotopic (exact) mass is 547 g/mol. The van der Waals surface area contributed by atoms with Gasteiger partial charge in [-0.3, -0.25) is 0 Å². The molecule has 166 valence electrons. The average Bonchev–Trinajstić information content (AvgIpc) is 3.11. The van der Waals surface area contributed by atoms with Gasteiger partial charge in [-0.2, -0.15) is 0 Å². The van der Waals surface area contributed by atoms with Crippen LogP contribution in [0, 0.1) is 0 Å². The molecule has 1 aromatic heterocycles. The largest absolute Gasteiger partial charge is 0.494 e. The summed E-state index contributed by atoms with van der Waals surface area (Å²) >= 11 is 7.16. The molecule has 0 unspecified atom stereocenters. The van der Waals surface area contributed by atoms with E-state index in [1.165, 1.54) is 30.4 Å². The third-order valence-electron chi connectivity index (χ3n) is 5.23. The van der Waals surface area contributed by atoms with E-state index in [1.807, 2.05) is 12.1 Å². The molecule has 5 heteroatoms. The maximum atomic E-state index is 5.92. The van der Waals surface area contributed by atoms with Gasteiger partial charge in [0.25, 0.3) is 0 Å². The number of aromatic nitrogens is 1. The van der Waals surface area contributed by atoms with Crippen LogP contribution in [0.3, 0.4) is 0 Å². The van der Waals surface area contributed by atoms with E-state index in [4.69, 9.17) is 9.47 Å². The average molecular weight is 549 g/mol. The lowest BCUT2D eigenvalue weighted by Crippen LogP contribution is -2.00. The number of hydrogen-bond acceptors (Lipinski definition) is 2. The molecular weight excluding hydrogens is 518 g/mol. The van der Waals surface area contributed by atoms with Crippen molar-refractivity contribution in [1.29, 1.82) is 0 Å². The second kappa shape index (κ2) is 13.0. The van der Waals surface area contributed by atoms with Gasteiger partial charge in [0.2, 0.25) is 0 Å². The fourth-order valence-corrected chi connectivity index (χ4v) is 4.61. The van der Waals surface area contributed by atoms with Gasteiger partial charge in [0.15, 0.2) is 0 Å². The lowest BCUT2D eigenvalue weighted by Gasteiger charge is -2.09. The van der Waals surface area contributed by atoms with Gasteiger partial charge in [0, 0.05) is 6.54 Å². The summed E-state index contributed by atoms with van der Waals surface area (Å²) in [5.41, 5.74) is 2.38. The lowest BCUT2D eigenvalue weighted by atomic mass is 10.1. The molecule has 2 aromatic carbocycles. The van der Waals surface area contributed by atoms with Gasteiger partial charge >= 0.3 is 0 Å². The van der Waals surface area contributed by atoms with E-state index in [-0.39, 0.29) is 0 Å². The first-order valence-corrected chi connectivity index (χ1v) is 12.7. The Morgan fingerprint density at radius 1 is 0.613 bits per heavy atom. The SMILES string of the molecule is CCCCOc1ccc(-c2ccc(OCCCCCCn3c(Br)ccc3Br)cc2)cc1. The molecule has 0 aliphatic carbocycles. The van der Waals surface area contributed by atoms with Gasteiger partial charge in [-0.05, 0) is 98.6 Å². The predicted octanol–water partition coefficient (Wildman–Crippen LogP) is 8.50. The molecule has 0 fully saturated rings. The Hall–Kier alpha value is -1.72. The highest BCUT2D eigenvalue weighted by molar-refractivity contribution is 9.11. The van der Waals surface area contributed by atoms with Crippen molar-refractivity contribution in [3.05, 3.63) is 69.9 Å². The van der Waals surface area contributed by atoms with E-state index in [0.29, 0.717) is 0 Å². The molecule has 3 rings (SSSR count). The fraction of sp³-hybridized carbons (Fsp3) is 0.385. The zero-order valence-corrected chi connectivity index (χ0v) is 21.3. The van der Waals surface area contributed by atoms with Crippen LogP contribution >= 0.6 is 31.9 Å². The number of rotatable bonds is 13. The standard InChI is InChI=1S/C26H31Br2NO2/c1-2-3-19-30-23-12-8-21(9-13-23)22-10-14-24(15-11-22)31-20-7-5-4-6-18-29-25(27)16-17-26(29)28/h8-17H,2-7,18-20H2,1H3. The molecule has 3 nitrogen and oxygen atoms in total. The Morgan fingerprint density at radius 2 is 1.10 bits per heavy atom. The van der Waals surface area contributed by atoms with E-state index in [9.17, 15) is 0 Å². The summed E-state index contributed by atoms with van der Waals surface area (Å²) in [6.07, 6.45) is 6.88. The molecule has 0 saturated carbocycles. The zero-order chi connectivity index (χ0) is 21.9. The van der Waals surface area contributed by atoms with Crippen molar-refractivity contribution < 1.29 is 9.47 Å². The van der Waals surface area contributed by atoms with E-state index in [1.54, 1.807) is 0 Å². The minimum absolute atomic E-state index is 0.764. The summed E-state index contributed by atoms with van der Waals surface area (Å²) in [5.74, 6) is 1.87. The molecule has 0 atom stereocenters. The van der Waals surface area contributed by atoms with Crippen LogP contribution in [0.4, 0.5) is 0 Å². The first kappa shape index (κ1) is 23.9. The third-order valence-corrected chi connectivity index (χ3v) is 6.61. The number of ether oxygens (including phenoxy) is 2. The van der Waals surface area contributed by atoms with Crippen molar-refractivity contribution in [3.8, 4) is 22.6 Å². The van der Waals surface area contributed by atoms with Crippen LogP contribution in [0.5, 0.6) is 11.5 Å². The summed E-state index contributed by atoms with van der Waals surface area (Å²) in [6.45, 7) is 4.75. The molecule has 0 radical (unpaired) electrons. The van der Waals surface area contributed by atoms with Crippen LogP contribution in [0.2, 0.25) is 0 Å². The summed E-state index contributed by atoms with van der Waals surface area (Å²) in [4.78, 5) is 0. The van der Waals surface area contributed by atoms with Crippen LogP contribution in [0.15, 0.2) is 69.9 Å². The molecule has 0 saturated heterocycles. The van der Waals surface area contributed by atoms with Gasteiger partial charge in [-0.1, -0.05) is 50.5 Å². The maximum Gasteiger partial charge on any atom is 0.119 e. The molecule has 3 aromatic rings. The van der Waals surface area contributed by atoms with Crippen molar-refractivity contribution in [2.75, 3.05) is 13.2 Å². The molecule has 0 spiro atoms. The summed E-state index contributed by atoms with van der Waals surface area (Å²) in [5, 5.41) is 0. The van der Waals surface area contributed by atoms with Gasteiger partial charge in [0.1, 0.15) is 11.5 Å². The number of benzene rings is 2. The topological polar surface area (TPSA) is 23.4 Å². The Labute approximate surface area is 203 Å². The molecule has 0 amide bonds. The predicted molar refractivity (Wildman–Crippen MR) is 136 cm³/mol. The first-order valence-electron chi connectivity index (χ1n) is 11.1. The molecular formula is C26H31Br2NO2. The van der Waals surface area contributed by atoms with Gasteiger partial charge < -0.3 is 14.0 Å². The van der Waals surface area contributed by atoms with Crippen molar-refractivity contribution >= 4 is 31.9 Å². The number of halogens is 2. The molecule has 0 aliphatic rings. The van der Waals surface area contributed by atoms with Crippen LogP contribution in [-0.4, -0.2) is 17.8 Å². The van der Waals surface area contributed by atoms with Crippen LogP contribution in [0.1, 0.15) is 45.4 Å². The Balaban J connectivity index is 1.34. The Kier molecular flexibility index (Phi) is 10.0. The smallest absolute Gasteiger partial charge is 0.119 e. The number of unbranched alkanes of at least 4 members (excludes halogenated alkanes) is 4. The minimum Gasteiger partial charge on any atom is -0.494 e.